The monoisotopic (exact) mass is 234 g/mol. The largest absolute Gasteiger partial charge is 0.462 e. The lowest BCUT2D eigenvalue weighted by Gasteiger charge is -2.10. The number of aliphatic hydroxyl groups excluding tert-OH is 1. The summed E-state index contributed by atoms with van der Waals surface area (Å²) in [6, 6.07) is -0.842. The molecule has 0 aliphatic rings. The molecule has 1 atom stereocenters. The third-order valence-corrected chi connectivity index (χ3v) is 1.71. The first-order valence-corrected chi connectivity index (χ1v) is 4.97. The van der Waals surface area contributed by atoms with Crippen LogP contribution in [0.25, 0.3) is 0 Å². The van der Waals surface area contributed by atoms with Crippen LogP contribution in [-0.2, 0) is 19.1 Å². The fourth-order valence-electron chi connectivity index (χ4n) is 0.890. The Morgan fingerprint density at radius 3 is 2.50 bits per heavy atom. The number of hydrogen-bond donors (Lipinski definition) is 3. The third-order valence-electron chi connectivity index (χ3n) is 1.71. The lowest BCUT2D eigenvalue weighted by atomic mass is 10.1. The molecule has 1 amide bonds. The number of ether oxygens (including phenoxy) is 2. The van der Waals surface area contributed by atoms with Gasteiger partial charge in [-0.15, -0.1) is 0 Å². The molecule has 5 N–H and O–H groups in total. The maximum Gasteiger partial charge on any atom is 0.323 e. The van der Waals surface area contributed by atoms with Crippen molar-refractivity contribution in [1.29, 1.82) is 0 Å². The highest BCUT2D eigenvalue weighted by molar-refractivity contribution is 5.78. The van der Waals surface area contributed by atoms with E-state index in [4.69, 9.17) is 26.0 Å². The number of carbonyl (C=O) groups is 2. The van der Waals surface area contributed by atoms with Crippen LogP contribution in [0.4, 0.5) is 0 Å². The lowest BCUT2D eigenvalue weighted by molar-refractivity contribution is -0.147. The van der Waals surface area contributed by atoms with Gasteiger partial charge in [0, 0.05) is 6.42 Å². The maximum absolute atomic E-state index is 11.2. The van der Waals surface area contributed by atoms with Crippen molar-refractivity contribution in [2.75, 3.05) is 26.4 Å². The molecule has 16 heavy (non-hydrogen) atoms. The van der Waals surface area contributed by atoms with Crippen molar-refractivity contribution in [3.05, 3.63) is 0 Å². The summed E-state index contributed by atoms with van der Waals surface area (Å²) in [7, 11) is 0. The minimum absolute atomic E-state index is 0.0529. The smallest absolute Gasteiger partial charge is 0.323 e. The van der Waals surface area contributed by atoms with E-state index in [0.29, 0.717) is 0 Å². The molecule has 0 heterocycles. The van der Waals surface area contributed by atoms with Crippen LogP contribution >= 0.6 is 0 Å². The third kappa shape index (κ3) is 8.16. The molecule has 0 rings (SSSR count). The molecule has 0 bridgehead atoms. The van der Waals surface area contributed by atoms with Crippen molar-refractivity contribution in [3.8, 4) is 0 Å². The SMILES string of the molecule is NC(=O)CCC(N)C(=O)OCCOCCO. The average Bonchev–Trinajstić information content (AvgIpc) is 2.25. The Kier molecular flexibility index (Phi) is 8.41. The Bertz CT molecular complexity index is 222. The van der Waals surface area contributed by atoms with Crippen LogP contribution in [0, 0.1) is 0 Å². The number of carbonyl (C=O) groups excluding carboxylic acids is 2. The van der Waals surface area contributed by atoms with Gasteiger partial charge in [0.05, 0.1) is 19.8 Å². The van der Waals surface area contributed by atoms with Crippen LogP contribution in [0.3, 0.4) is 0 Å². The molecule has 0 aliphatic carbocycles. The van der Waals surface area contributed by atoms with Crippen LogP contribution in [0.2, 0.25) is 0 Å². The van der Waals surface area contributed by atoms with Crippen molar-refractivity contribution < 1.29 is 24.2 Å². The molecular weight excluding hydrogens is 216 g/mol. The van der Waals surface area contributed by atoms with E-state index in [0.717, 1.165) is 0 Å². The van der Waals surface area contributed by atoms with Gasteiger partial charge in [-0.1, -0.05) is 0 Å². The van der Waals surface area contributed by atoms with Crippen molar-refractivity contribution >= 4 is 11.9 Å². The van der Waals surface area contributed by atoms with Crippen molar-refractivity contribution in [3.63, 3.8) is 0 Å². The number of nitrogens with two attached hydrogens (primary N) is 2. The van der Waals surface area contributed by atoms with Gasteiger partial charge in [0.1, 0.15) is 12.6 Å². The van der Waals surface area contributed by atoms with Crippen molar-refractivity contribution in [1.82, 2.24) is 0 Å². The molecule has 0 saturated heterocycles. The summed E-state index contributed by atoms with van der Waals surface area (Å²) in [6.07, 6.45) is 0.225. The predicted octanol–water partition coefficient (Wildman–Crippen LogP) is -1.87. The maximum atomic E-state index is 11.2. The van der Waals surface area contributed by atoms with Crippen molar-refractivity contribution in [2.45, 2.75) is 18.9 Å². The minimum Gasteiger partial charge on any atom is -0.462 e. The molecule has 0 aromatic rings. The first-order valence-electron chi connectivity index (χ1n) is 4.97. The molecule has 1 unspecified atom stereocenters. The number of aliphatic hydroxyl groups is 1. The van der Waals surface area contributed by atoms with Gasteiger partial charge in [0.2, 0.25) is 5.91 Å². The lowest BCUT2D eigenvalue weighted by Crippen LogP contribution is -2.34. The van der Waals surface area contributed by atoms with Gasteiger partial charge < -0.3 is 26.0 Å². The van der Waals surface area contributed by atoms with Gasteiger partial charge in [0.25, 0.3) is 0 Å². The second kappa shape index (κ2) is 9.08. The minimum atomic E-state index is -0.842. The molecule has 0 aromatic carbocycles. The highest BCUT2D eigenvalue weighted by atomic mass is 16.6. The van der Waals surface area contributed by atoms with Crippen LogP contribution in [0.5, 0.6) is 0 Å². The van der Waals surface area contributed by atoms with E-state index in [1.807, 2.05) is 0 Å². The van der Waals surface area contributed by atoms with E-state index in [-0.39, 0.29) is 39.3 Å². The van der Waals surface area contributed by atoms with Gasteiger partial charge in [-0.2, -0.15) is 0 Å². The molecular formula is C9H18N2O5. The zero-order valence-corrected chi connectivity index (χ0v) is 9.05. The first kappa shape index (κ1) is 14.8. The van der Waals surface area contributed by atoms with Gasteiger partial charge in [0.15, 0.2) is 0 Å². The highest BCUT2D eigenvalue weighted by Crippen LogP contribution is 1.96. The first-order chi connectivity index (χ1) is 7.57. The Balaban J connectivity index is 3.51. The normalized spacial score (nSPS) is 12.1. The van der Waals surface area contributed by atoms with Gasteiger partial charge >= 0.3 is 5.97 Å². The summed E-state index contributed by atoms with van der Waals surface area (Å²) in [5.74, 6) is -1.09. The molecule has 0 radical (unpaired) electrons. The number of amides is 1. The Morgan fingerprint density at radius 1 is 1.25 bits per heavy atom. The molecule has 0 saturated carbocycles. The molecule has 94 valence electrons. The number of hydrogen-bond acceptors (Lipinski definition) is 6. The zero-order valence-electron chi connectivity index (χ0n) is 9.05. The summed E-state index contributed by atoms with van der Waals surface area (Å²) in [6.45, 7) is 0.398. The average molecular weight is 234 g/mol. The van der Waals surface area contributed by atoms with Crippen LogP contribution in [0.15, 0.2) is 0 Å². The van der Waals surface area contributed by atoms with Crippen LogP contribution in [0.1, 0.15) is 12.8 Å². The number of esters is 1. The fourth-order valence-corrected chi connectivity index (χ4v) is 0.890. The second-order valence-electron chi connectivity index (χ2n) is 3.11. The van der Waals surface area contributed by atoms with E-state index in [1.165, 1.54) is 0 Å². The molecule has 0 fully saturated rings. The van der Waals surface area contributed by atoms with E-state index in [2.05, 4.69) is 0 Å². The summed E-state index contributed by atoms with van der Waals surface area (Å²) in [5.41, 5.74) is 10.3. The highest BCUT2D eigenvalue weighted by Gasteiger charge is 2.15. The van der Waals surface area contributed by atoms with E-state index in [9.17, 15) is 9.59 Å². The standard InChI is InChI=1S/C9H18N2O5/c10-7(1-2-8(11)13)9(14)16-6-5-15-4-3-12/h7,12H,1-6,10H2,(H2,11,13). The number of rotatable bonds is 9. The van der Waals surface area contributed by atoms with Gasteiger partial charge in [-0.25, -0.2) is 0 Å². The second-order valence-corrected chi connectivity index (χ2v) is 3.11. The van der Waals surface area contributed by atoms with Gasteiger partial charge in [-0.3, -0.25) is 9.59 Å². The van der Waals surface area contributed by atoms with E-state index < -0.39 is 17.9 Å². The molecule has 7 nitrogen and oxygen atoms in total. The molecule has 7 heteroatoms. The van der Waals surface area contributed by atoms with Gasteiger partial charge in [-0.05, 0) is 6.42 Å². The molecule has 0 spiro atoms. The topological polar surface area (TPSA) is 125 Å². The van der Waals surface area contributed by atoms with Crippen molar-refractivity contribution in [2.24, 2.45) is 11.5 Å². The zero-order chi connectivity index (χ0) is 12.4. The summed E-state index contributed by atoms with van der Waals surface area (Å²) in [4.78, 5) is 21.6. The Morgan fingerprint density at radius 2 is 1.94 bits per heavy atom. The quantitative estimate of drug-likeness (QED) is 0.317. The summed E-state index contributed by atoms with van der Waals surface area (Å²) < 4.78 is 9.63. The fraction of sp³-hybridized carbons (Fsp3) is 0.778. The van der Waals surface area contributed by atoms with E-state index in [1.54, 1.807) is 0 Å². The Labute approximate surface area is 93.7 Å². The van der Waals surface area contributed by atoms with Crippen LogP contribution in [-0.4, -0.2) is 49.5 Å². The Hall–Kier alpha value is -1.18. The molecule has 0 aromatic heterocycles. The summed E-state index contributed by atoms with van der Waals surface area (Å²) in [5, 5.41) is 8.39. The predicted molar refractivity (Wildman–Crippen MR) is 55.3 cm³/mol. The number of primary amides is 1. The van der Waals surface area contributed by atoms with E-state index >= 15 is 0 Å². The molecule has 0 aliphatic heterocycles. The van der Waals surface area contributed by atoms with Crippen LogP contribution < -0.4 is 11.5 Å². The summed E-state index contributed by atoms with van der Waals surface area (Å²) >= 11 is 0.